The van der Waals surface area contributed by atoms with E-state index in [2.05, 4.69) is 4.90 Å². The van der Waals surface area contributed by atoms with Crippen LogP contribution >= 0.6 is 0 Å². The van der Waals surface area contributed by atoms with Gasteiger partial charge in [0.1, 0.15) is 0 Å². The first-order valence-corrected chi connectivity index (χ1v) is 9.11. The van der Waals surface area contributed by atoms with Gasteiger partial charge in [-0.25, -0.2) is 0 Å². The van der Waals surface area contributed by atoms with E-state index in [4.69, 9.17) is 9.47 Å². The van der Waals surface area contributed by atoms with Crippen LogP contribution in [0.5, 0.6) is 11.5 Å². The Balaban J connectivity index is 1.87. The van der Waals surface area contributed by atoms with E-state index in [1.165, 1.54) is 16.0 Å². The topological polar surface area (TPSA) is 24.9 Å². The molecule has 1 heterocycles. The fourth-order valence-corrected chi connectivity index (χ4v) is 3.44. The molecule has 1 aliphatic rings. The van der Waals surface area contributed by atoms with Crippen molar-refractivity contribution in [3.63, 3.8) is 0 Å². The number of alkyl halides is 3. The van der Waals surface area contributed by atoms with Gasteiger partial charge < -0.3 is 14.4 Å². The Kier molecular flexibility index (Phi) is 7.58. The third kappa shape index (κ3) is 6.06. The molecule has 1 aromatic rings. The van der Waals surface area contributed by atoms with Gasteiger partial charge in [-0.2, -0.15) is 13.2 Å². The number of halogens is 3. The van der Waals surface area contributed by atoms with Crippen molar-refractivity contribution in [3.05, 3.63) is 23.3 Å². The number of fused-ring (bicyclic) bond motifs is 1. The van der Waals surface area contributed by atoms with Crippen LogP contribution in [0.4, 0.5) is 13.2 Å². The van der Waals surface area contributed by atoms with Gasteiger partial charge in [-0.15, -0.1) is 0 Å². The summed E-state index contributed by atoms with van der Waals surface area (Å²) in [5.41, 5.74) is 2.52. The van der Waals surface area contributed by atoms with Crippen molar-refractivity contribution >= 4 is 0 Å². The van der Waals surface area contributed by atoms with E-state index in [0.717, 1.165) is 50.4 Å². The van der Waals surface area contributed by atoms with Crippen LogP contribution in [-0.4, -0.2) is 69.5 Å². The third-order valence-corrected chi connectivity index (χ3v) is 4.90. The number of hydrogen-bond acceptors (Lipinski definition) is 4. The van der Waals surface area contributed by atoms with E-state index in [1.807, 2.05) is 12.1 Å². The molecule has 2 rings (SSSR count). The van der Waals surface area contributed by atoms with Crippen molar-refractivity contribution in [3.8, 4) is 11.5 Å². The highest BCUT2D eigenvalue weighted by molar-refractivity contribution is 5.48. The number of nitrogens with zero attached hydrogens (tertiary/aromatic N) is 2. The summed E-state index contributed by atoms with van der Waals surface area (Å²) >= 11 is 0. The third-order valence-electron chi connectivity index (χ3n) is 4.90. The number of methoxy groups -OCH3 is 2. The molecule has 1 aromatic carbocycles. The molecule has 0 unspecified atom stereocenters. The number of hydrogen-bond donors (Lipinski definition) is 0. The summed E-state index contributed by atoms with van der Waals surface area (Å²) in [7, 11) is 3.27. The van der Waals surface area contributed by atoms with E-state index in [1.54, 1.807) is 21.1 Å². The van der Waals surface area contributed by atoms with Crippen molar-refractivity contribution in [2.45, 2.75) is 32.4 Å². The first kappa shape index (κ1) is 20.8. The lowest BCUT2D eigenvalue weighted by atomic mass is 10.0. The Bertz CT molecular complexity index is 544. The molecule has 0 N–H and O–H groups in total. The fraction of sp³-hybridized carbons (Fsp3) is 0.684. The number of ether oxygens (including phenoxy) is 2. The van der Waals surface area contributed by atoms with E-state index < -0.39 is 12.7 Å². The second kappa shape index (κ2) is 9.46. The van der Waals surface area contributed by atoms with Crippen LogP contribution in [0.15, 0.2) is 12.1 Å². The monoisotopic (exact) mass is 374 g/mol. The van der Waals surface area contributed by atoms with Gasteiger partial charge in [0.25, 0.3) is 0 Å². The fourth-order valence-electron chi connectivity index (χ4n) is 3.44. The van der Waals surface area contributed by atoms with Gasteiger partial charge in [-0.3, -0.25) is 4.90 Å². The highest BCUT2D eigenvalue weighted by Crippen LogP contribution is 2.32. The lowest BCUT2D eigenvalue weighted by Gasteiger charge is -2.24. The Morgan fingerprint density at radius 2 is 1.58 bits per heavy atom. The molecule has 0 radical (unpaired) electrons. The SMILES string of the molecule is CCN(CCCN1CCc2cc(OC)c(OC)cc2CC1)CC(F)(F)F. The molecule has 26 heavy (non-hydrogen) atoms. The molecule has 0 spiro atoms. The summed E-state index contributed by atoms with van der Waals surface area (Å²) in [6, 6.07) is 4.08. The maximum Gasteiger partial charge on any atom is 0.401 e. The second-order valence-electron chi connectivity index (χ2n) is 6.66. The van der Waals surface area contributed by atoms with E-state index >= 15 is 0 Å². The summed E-state index contributed by atoms with van der Waals surface area (Å²) in [6.07, 6.45) is -1.56. The highest BCUT2D eigenvalue weighted by atomic mass is 19.4. The summed E-state index contributed by atoms with van der Waals surface area (Å²) in [5.74, 6) is 1.48. The zero-order valence-corrected chi connectivity index (χ0v) is 15.9. The summed E-state index contributed by atoms with van der Waals surface area (Å²) in [6.45, 7) is 4.48. The average molecular weight is 374 g/mol. The molecular weight excluding hydrogens is 345 g/mol. The Morgan fingerprint density at radius 1 is 1.04 bits per heavy atom. The lowest BCUT2D eigenvalue weighted by Crippen LogP contribution is -2.36. The second-order valence-corrected chi connectivity index (χ2v) is 6.66. The van der Waals surface area contributed by atoms with Gasteiger partial charge in [-0.05, 0) is 62.2 Å². The molecule has 1 aliphatic heterocycles. The van der Waals surface area contributed by atoms with Gasteiger partial charge in [0.2, 0.25) is 0 Å². The summed E-state index contributed by atoms with van der Waals surface area (Å²) in [4.78, 5) is 3.79. The van der Waals surface area contributed by atoms with Crippen LogP contribution in [-0.2, 0) is 12.8 Å². The van der Waals surface area contributed by atoms with Gasteiger partial charge in [0, 0.05) is 13.1 Å². The molecule has 0 fully saturated rings. The summed E-state index contributed by atoms with van der Waals surface area (Å²) in [5, 5.41) is 0. The maximum absolute atomic E-state index is 12.5. The van der Waals surface area contributed by atoms with Crippen molar-refractivity contribution in [1.82, 2.24) is 9.80 Å². The van der Waals surface area contributed by atoms with Crippen LogP contribution in [0.1, 0.15) is 24.5 Å². The van der Waals surface area contributed by atoms with Crippen LogP contribution in [0.25, 0.3) is 0 Å². The van der Waals surface area contributed by atoms with Crippen molar-refractivity contribution in [2.75, 3.05) is 53.5 Å². The predicted octanol–water partition coefficient (Wildman–Crippen LogP) is 3.38. The van der Waals surface area contributed by atoms with Crippen LogP contribution in [0.2, 0.25) is 0 Å². The van der Waals surface area contributed by atoms with Gasteiger partial charge in [0.15, 0.2) is 11.5 Å². The molecule has 4 nitrogen and oxygen atoms in total. The Morgan fingerprint density at radius 3 is 2.00 bits per heavy atom. The Hall–Kier alpha value is -1.47. The standard InChI is InChI=1S/C19H29F3N2O2/c1-4-23(14-19(20,21)22)8-5-9-24-10-6-15-12-17(25-2)18(26-3)13-16(15)7-11-24/h12-13H,4-11,14H2,1-3H3. The molecular formula is C19H29F3N2O2. The van der Waals surface area contributed by atoms with Crippen LogP contribution < -0.4 is 9.47 Å². The average Bonchev–Trinajstić information content (AvgIpc) is 2.80. The van der Waals surface area contributed by atoms with Crippen molar-refractivity contribution < 1.29 is 22.6 Å². The first-order valence-electron chi connectivity index (χ1n) is 9.11. The van der Waals surface area contributed by atoms with Gasteiger partial charge in [-0.1, -0.05) is 6.92 Å². The number of rotatable bonds is 8. The minimum absolute atomic E-state index is 0.421. The molecule has 0 amide bonds. The normalized spacial score (nSPS) is 15.7. The molecule has 7 heteroatoms. The van der Waals surface area contributed by atoms with Crippen LogP contribution in [0, 0.1) is 0 Å². The van der Waals surface area contributed by atoms with Gasteiger partial charge in [0.05, 0.1) is 20.8 Å². The molecule has 0 bridgehead atoms. The molecule has 148 valence electrons. The van der Waals surface area contributed by atoms with Crippen molar-refractivity contribution in [2.24, 2.45) is 0 Å². The molecule has 0 atom stereocenters. The lowest BCUT2D eigenvalue weighted by molar-refractivity contribution is -0.145. The minimum atomic E-state index is -4.13. The minimum Gasteiger partial charge on any atom is -0.493 e. The largest absolute Gasteiger partial charge is 0.493 e. The smallest absolute Gasteiger partial charge is 0.401 e. The Labute approximate surface area is 153 Å². The zero-order valence-electron chi connectivity index (χ0n) is 15.9. The molecule has 0 aromatic heterocycles. The van der Waals surface area contributed by atoms with Crippen LogP contribution in [0.3, 0.4) is 0 Å². The summed E-state index contributed by atoms with van der Waals surface area (Å²) < 4.78 is 48.3. The van der Waals surface area contributed by atoms with Gasteiger partial charge >= 0.3 is 6.18 Å². The first-order chi connectivity index (χ1) is 12.4. The predicted molar refractivity (Wildman–Crippen MR) is 96.2 cm³/mol. The van der Waals surface area contributed by atoms with E-state index in [9.17, 15) is 13.2 Å². The quantitative estimate of drug-likeness (QED) is 0.697. The van der Waals surface area contributed by atoms with Crippen molar-refractivity contribution in [1.29, 1.82) is 0 Å². The van der Waals surface area contributed by atoms with E-state index in [0.29, 0.717) is 13.1 Å². The van der Waals surface area contributed by atoms with E-state index in [-0.39, 0.29) is 0 Å². The zero-order chi connectivity index (χ0) is 19.2. The highest BCUT2D eigenvalue weighted by Gasteiger charge is 2.29. The number of benzene rings is 1. The molecule has 0 aliphatic carbocycles. The molecule has 0 saturated heterocycles. The maximum atomic E-state index is 12.5. The molecule has 0 saturated carbocycles.